The molecule has 1 atom stereocenters. The van der Waals surface area contributed by atoms with Crippen LogP contribution in [0.25, 0.3) is 0 Å². The smallest absolute Gasteiger partial charge is 0.0375 e. The third-order valence-electron chi connectivity index (χ3n) is 4.71. The molecule has 1 saturated heterocycles. The van der Waals surface area contributed by atoms with Gasteiger partial charge in [-0.25, -0.2) is 0 Å². The quantitative estimate of drug-likeness (QED) is 0.886. The van der Waals surface area contributed by atoms with Crippen molar-refractivity contribution in [2.24, 2.45) is 5.92 Å². The van der Waals surface area contributed by atoms with Crippen molar-refractivity contribution in [3.05, 3.63) is 29.3 Å². The van der Waals surface area contributed by atoms with Gasteiger partial charge in [0.15, 0.2) is 0 Å². The monoisotopic (exact) mass is 273 g/mol. The summed E-state index contributed by atoms with van der Waals surface area (Å²) >= 11 is 0. The molecule has 0 aromatic heterocycles. The Morgan fingerprint density at radius 1 is 1.20 bits per heavy atom. The van der Waals surface area contributed by atoms with E-state index < -0.39 is 0 Å². The highest BCUT2D eigenvalue weighted by Gasteiger charge is 2.23. The largest absolute Gasteiger partial charge is 0.385 e. The maximum atomic E-state index is 3.55. The first-order valence-electron chi connectivity index (χ1n) is 8.04. The van der Waals surface area contributed by atoms with Gasteiger partial charge in [0.05, 0.1) is 0 Å². The molecule has 2 N–H and O–H groups in total. The van der Waals surface area contributed by atoms with Crippen LogP contribution in [0, 0.1) is 5.92 Å². The van der Waals surface area contributed by atoms with Crippen LogP contribution in [0.1, 0.15) is 37.3 Å². The molecule has 1 aromatic rings. The number of rotatable bonds is 3. The van der Waals surface area contributed by atoms with Gasteiger partial charge in [-0.15, -0.1) is 0 Å². The summed E-state index contributed by atoms with van der Waals surface area (Å²) in [6.07, 6.45) is 1.27. The van der Waals surface area contributed by atoms with Crippen molar-refractivity contribution in [3.63, 3.8) is 0 Å². The van der Waals surface area contributed by atoms with Crippen LogP contribution in [-0.4, -0.2) is 37.6 Å². The number of anilines is 1. The number of hydrogen-bond donors (Lipinski definition) is 2. The molecule has 1 unspecified atom stereocenters. The van der Waals surface area contributed by atoms with Crippen LogP contribution in [0.15, 0.2) is 18.2 Å². The van der Waals surface area contributed by atoms with E-state index in [1.165, 1.54) is 30.8 Å². The first-order chi connectivity index (χ1) is 9.74. The lowest BCUT2D eigenvalue weighted by atomic mass is 9.82. The van der Waals surface area contributed by atoms with Gasteiger partial charge in [-0.1, -0.05) is 26.0 Å². The predicted octanol–water partition coefficient (Wildman–Crippen LogP) is 2.65. The highest BCUT2D eigenvalue weighted by molar-refractivity contribution is 5.56. The van der Waals surface area contributed by atoms with Crippen LogP contribution in [0.2, 0.25) is 0 Å². The van der Waals surface area contributed by atoms with Crippen LogP contribution >= 0.6 is 0 Å². The fourth-order valence-electron chi connectivity index (χ4n) is 3.52. The van der Waals surface area contributed by atoms with Crippen molar-refractivity contribution in [1.29, 1.82) is 0 Å². The molecule has 2 aliphatic rings. The average Bonchev–Trinajstić information content (AvgIpc) is 2.47. The van der Waals surface area contributed by atoms with E-state index in [2.05, 4.69) is 47.6 Å². The number of hydrogen-bond acceptors (Lipinski definition) is 3. The summed E-state index contributed by atoms with van der Waals surface area (Å²) in [6.45, 7) is 11.5. The van der Waals surface area contributed by atoms with Crippen molar-refractivity contribution in [1.82, 2.24) is 10.2 Å². The zero-order valence-electron chi connectivity index (χ0n) is 12.8. The lowest BCUT2D eigenvalue weighted by Crippen LogP contribution is -2.42. The standard InChI is InChI=1S/C17H27N3/c1-13(2)15-5-6-19-17-4-3-14(11-16(15)17)12-20-9-7-18-8-10-20/h3-4,11,13,15,18-19H,5-10,12H2,1-2H3. The van der Waals surface area contributed by atoms with E-state index in [1.807, 2.05) is 0 Å². The first-order valence-corrected chi connectivity index (χ1v) is 8.04. The molecule has 0 aliphatic carbocycles. The average molecular weight is 273 g/mol. The molecule has 110 valence electrons. The maximum absolute atomic E-state index is 3.55. The molecule has 3 heteroatoms. The molecule has 2 aliphatic heterocycles. The predicted molar refractivity (Wildman–Crippen MR) is 85.3 cm³/mol. The zero-order valence-corrected chi connectivity index (χ0v) is 12.8. The molecule has 0 spiro atoms. The maximum Gasteiger partial charge on any atom is 0.0375 e. The van der Waals surface area contributed by atoms with Gasteiger partial charge in [-0.3, -0.25) is 4.90 Å². The van der Waals surface area contributed by atoms with E-state index in [4.69, 9.17) is 0 Å². The molecule has 0 amide bonds. The SMILES string of the molecule is CC(C)C1CCNc2ccc(CN3CCNCC3)cc21. The summed E-state index contributed by atoms with van der Waals surface area (Å²) in [4.78, 5) is 2.55. The summed E-state index contributed by atoms with van der Waals surface area (Å²) in [5.41, 5.74) is 4.37. The van der Waals surface area contributed by atoms with Gasteiger partial charge >= 0.3 is 0 Å². The van der Waals surface area contributed by atoms with Crippen molar-refractivity contribution in [2.45, 2.75) is 32.7 Å². The van der Waals surface area contributed by atoms with Crippen molar-refractivity contribution in [2.75, 3.05) is 38.0 Å². The summed E-state index contributed by atoms with van der Waals surface area (Å²) in [6, 6.07) is 7.05. The lowest BCUT2D eigenvalue weighted by molar-refractivity contribution is 0.233. The minimum absolute atomic E-state index is 0.717. The van der Waals surface area contributed by atoms with Gasteiger partial charge in [0.2, 0.25) is 0 Å². The summed E-state index contributed by atoms with van der Waals surface area (Å²) in [5, 5.41) is 6.98. The Balaban J connectivity index is 1.78. The Labute approximate surface area is 122 Å². The van der Waals surface area contributed by atoms with Crippen molar-refractivity contribution >= 4 is 5.69 Å². The van der Waals surface area contributed by atoms with Gasteiger partial charge in [-0.05, 0) is 35.4 Å². The van der Waals surface area contributed by atoms with E-state index in [-0.39, 0.29) is 0 Å². The van der Waals surface area contributed by atoms with Gasteiger partial charge in [0.25, 0.3) is 0 Å². The number of fused-ring (bicyclic) bond motifs is 1. The van der Waals surface area contributed by atoms with Gasteiger partial charge in [0.1, 0.15) is 0 Å². The molecule has 1 aromatic carbocycles. The van der Waals surface area contributed by atoms with Crippen LogP contribution in [0.5, 0.6) is 0 Å². The van der Waals surface area contributed by atoms with E-state index in [0.717, 1.165) is 32.1 Å². The van der Waals surface area contributed by atoms with E-state index in [0.29, 0.717) is 5.92 Å². The molecule has 0 bridgehead atoms. The van der Waals surface area contributed by atoms with Gasteiger partial charge < -0.3 is 10.6 Å². The molecule has 3 nitrogen and oxygen atoms in total. The molecular weight excluding hydrogens is 246 g/mol. The molecular formula is C17H27N3. The number of nitrogens with one attached hydrogen (secondary N) is 2. The van der Waals surface area contributed by atoms with Crippen LogP contribution < -0.4 is 10.6 Å². The second kappa shape index (κ2) is 6.15. The number of nitrogens with zero attached hydrogens (tertiary/aromatic N) is 1. The molecule has 3 rings (SSSR count). The summed E-state index contributed by atoms with van der Waals surface area (Å²) < 4.78 is 0. The highest BCUT2D eigenvalue weighted by Crippen LogP contribution is 2.37. The van der Waals surface area contributed by atoms with E-state index in [9.17, 15) is 0 Å². The zero-order chi connectivity index (χ0) is 13.9. The fourth-order valence-corrected chi connectivity index (χ4v) is 3.52. The molecule has 0 radical (unpaired) electrons. The minimum Gasteiger partial charge on any atom is -0.385 e. The number of benzene rings is 1. The normalized spacial score (nSPS) is 23.4. The minimum atomic E-state index is 0.717. The second-order valence-corrected chi connectivity index (χ2v) is 6.51. The first kappa shape index (κ1) is 13.9. The van der Waals surface area contributed by atoms with Crippen LogP contribution in [-0.2, 0) is 6.54 Å². The lowest BCUT2D eigenvalue weighted by Gasteiger charge is -2.31. The summed E-state index contributed by atoms with van der Waals surface area (Å²) in [7, 11) is 0. The molecule has 0 saturated carbocycles. The Kier molecular flexibility index (Phi) is 4.27. The Morgan fingerprint density at radius 2 is 2.00 bits per heavy atom. The third-order valence-corrected chi connectivity index (χ3v) is 4.71. The highest BCUT2D eigenvalue weighted by atomic mass is 15.2. The number of piperazine rings is 1. The van der Waals surface area contributed by atoms with Crippen LogP contribution in [0.3, 0.4) is 0 Å². The Bertz CT molecular complexity index is 450. The Hall–Kier alpha value is -1.06. The van der Waals surface area contributed by atoms with Crippen molar-refractivity contribution in [3.8, 4) is 0 Å². The van der Waals surface area contributed by atoms with Gasteiger partial charge in [0, 0.05) is 45.0 Å². The molecule has 20 heavy (non-hydrogen) atoms. The van der Waals surface area contributed by atoms with E-state index >= 15 is 0 Å². The fraction of sp³-hybridized carbons (Fsp3) is 0.647. The van der Waals surface area contributed by atoms with E-state index in [1.54, 1.807) is 5.56 Å². The molecule has 1 fully saturated rings. The second-order valence-electron chi connectivity index (χ2n) is 6.51. The van der Waals surface area contributed by atoms with Gasteiger partial charge in [-0.2, -0.15) is 0 Å². The Morgan fingerprint density at radius 3 is 2.75 bits per heavy atom. The van der Waals surface area contributed by atoms with Crippen LogP contribution in [0.4, 0.5) is 5.69 Å². The third kappa shape index (κ3) is 2.99. The van der Waals surface area contributed by atoms with Crippen molar-refractivity contribution < 1.29 is 0 Å². The molecule has 2 heterocycles. The topological polar surface area (TPSA) is 27.3 Å². The summed E-state index contributed by atoms with van der Waals surface area (Å²) in [5.74, 6) is 1.44.